The predicted molar refractivity (Wildman–Crippen MR) is 121 cm³/mol. The highest BCUT2D eigenvalue weighted by Gasteiger charge is 2.70. The van der Waals surface area contributed by atoms with Gasteiger partial charge in [0.15, 0.2) is 0 Å². The van der Waals surface area contributed by atoms with Crippen molar-refractivity contribution in [2.75, 3.05) is 10.2 Å². The molecule has 0 aliphatic carbocycles. The van der Waals surface area contributed by atoms with Gasteiger partial charge in [0, 0.05) is 17.3 Å². The molecular formula is C26H21N3O4. The minimum atomic E-state index is -1.32. The van der Waals surface area contributed by atoms with Crippen molar-refractivity contribution in [3.63, 3.8) is 0 Å². The van der Waals surface area contributed by atoms with E-state index >= 15 is 0 Å². The molecule has 3 aromatic rings. The number of rotatable bonds is 3. The number of carbonyl (C=O) groups is 3. The third kappa shape index (κ3) is 2.69. The van der Waals surface area contributed by atoms with Crippen molar-refractivity contribution < 1.29 is 19.5 Å². The first kappa shape index (κ1) is 19.7. The Morgan fingerprint density at radius 3 is 2.30 bits per heavy atom. The smallest absolute Gasteiger partial charge is 0.250 e. The molecule has 0 aromatic heterocycles. The summed E-state index contributed by atoms with van der Waals surface area (Å²) in [6.07, 6.45) is 0.431. The maximum absolute atomic E-state index is 13.8. The summed E-state index contributed by atoms with van der Waals surface area (Å²) in [4.78, 5) is 42.2. The molecule has 3 heterocycles. The summed E-state index contributed by atoms with van der Waals surface area (Å²) < 4.78 is 0. The normalized spacial score (nSPS) is 27.7. The molecule has 2 fully saturated rings. The van der Waals surface area contributed by atoms with Crippen molar-refractivity contribution in [3.05, 3.63) is 90.0 Å². The number of carbonyl (C=O) groups excluding carboxylic acids is 3. The molecule has 0 saturated carbocycles. The van der Waals surface area contributed by atoms with Crippen molar-refractivity contribution >= 4 is 29.1 Å². The number of nitrogens with zero attached hydrogens (tertiary/aromatic N) is 1. The third-order valence-electron chi connectivity index (χ3n) is 7.03. The SMILES string of the molecule is O=C1C2C(Cc3ccc(O)cc3)NC3(C(=O)Nc4ccccc43)C2C(=O)N1c1ccccc1. The van der Waals surface area contributed by atoms with Crippen LogP contribution in [0, 0.1) is 11.8 Å². The standard InChI is InChI=1S/C26H21N3O4/c30-17-12-10-15(11-13-17)14-20-21-22(24(32)29(23(21)31)16-6-2-1-3-7-16)26(28-20)18-8-4-5-9-19(18)27-25(26)33/h1-13,20-22,28,30H,14H2,(H,27,33). The fourth-order valence-corrected chi connectivity index (χ4v) is 5.65. The zero-order chi connectivity index (χ0) is 22.7. The van der Waals surface area contributed by atoms with Gasteiger partial charge in [-0.15, -0.1) is 0 Å². The fraction of sp³-hybridized carbons (Fsp3) is 0.192. The number of imide groups is 1. The molecule has 1 spiro atoms. The van der Waals surface area contributed by atoms with Gasteiger partial charge >= 0.3 is 0 Å². The van der Waals surface area contributed by atoms with Gasteiger partial charge in [0.05, 0.1) is 17.5 Å². The van der Waals surface area contributed by atoms with E-state index in [2.05, 4.69) is 10.6 Å². The van der Waals surface area contributed by atoms with Crippen LogP contribution < -0.4 is 15.5 Å². The second kappa shape index (κ2) is 7.02. The van der Waals surface area contributed by atoms with Crippen LogP contribution in [0.4, 0.5) is 11.4 Å². The van der Waals surface area contributed by atoms with E-state index in [1.54, 1.807) is 48.5 Å². The molecule has 0 bridgehead atoms. The predicted octanol–water partition coefficient (Wildman–Crippen LogP) is 2.56. The number of phenolic OH excluding ortho intramolecular Hbond substituents is 1. The lowest BCUT2D eigenvalue weighted by Crippen LogP contribution is -2.53. The summed E-state index contributed by atoms with van der Waals surface area (Å²) in [6.45, 7) is 0. The second-order valence-corrected chi connectivity index (χ2v) is 8.78. The molecule has 7 heteroatoms. The van der Waals surface area contributed by atoms with E-state index in [4.69, 9.17) is 0 Å². The molecular weight excluding hydrogens is 418 g/mol. The number of fused-ring (bicyclic) bond motifs is 4. The lowest BCUT2D eigenvalue weighted by atomic mass is 9.76. The van der Waals surface area contributed by atoms with Gasteiger partial charge in [-0.3, -0.25) is 19.7 Å². The van der Waals surface area contributed by atoms with Crippen molar-refractivity contribution in [1.82, 2.24) is 5.32 Å². The number of hydrogen-bond donors (Lipinski definition) is 3. The zero-order valence-electron chi connectivity index (χ0n) is 17.6. The number of amides is 3. The molecule has 0 radical (unpaired) electrons. The Kier molecular flexibility index (Phi) is 4.19. The van der Waals surface area contributed by atoms with E-state index < -0.39 is 23.4 Å². The number of benzene rings is 3. The molecule has 3 aliphatic rings. The van der Waals surface area contributed by atoms with Gasteiger partial charge in [-0.1, -0.05) is 48.5 Å². The van der Waals surface area contributed by atoms with Crippen molar-refractivity contribution in [2.24, 2.45) is 11.8 Å². The van der Waals surface area contributed by atoms with Crippen LogP contribution in [0.15, 0.2) is 78.9 Å². The monoisotopic (exact) mass is 439 g/mol. The van der Waals surface area contributed by atoms with Crippen molar-refractivity contribution in [3.8, 4) is 5.75 Å². The first-order chi connectivity index (χ1) is 16.0. The van der Waals surface area contributed by atoms with E-state index in [9.17, 15) is 19.5 Å². The van der Waals surface area contributed by atoms with E-state index in [1.807, 2.05) is 30.3 Å². The molecule has 6 rings (SSSR count). The van der Waals surface area contributed by atoms with E-state index in [0.29, 0.717) is 23.4 Å². The van der Waals surface area contributed by atoms with Gasteiger partial charge in [0.1, 0.15) is 11.3 Å². The van der Waals surface area contributed by atoms with Gasteiger partial charge in [0.2, 0.25) is 17.7 Å². The van der Waals surface area contributed by atoms with Crippen LogP contribution in [0.5, 0.6) is 5.75 Å². The first-order valence-corrected chi connectivity index (χ1v) is 10.9. The Morgan fingerprint density at radius 2 is 1.55 bits per heavy atom. The quantitative estimate of drug-likeness (QED) is 0.545. The lowest BCUT2D eigenvalue weighted by molar-refractivity contribution is -0.130. The highest BCUT2D eigenvalue weighted by atomic mass is 16.3. The Morgan fingerprint density at radius 1 is 0.848 bits per heavy atom. The summed E-state index contributed by atoms with van der Waals surface area (Å²) in [7, 11) is 0. The molecule has 3 N–H and O–H groups in total. The summed E-state index contributed by atoms with van der Waals surface area (Å²) in [6, 6.07) is 22.5. The third-order valence-corrected chi connectivity index (χ3v) is 7.03. The number of para-hydroxylation sites is 2. The van der Waals surface area contributed by atoms with E-state index in [-0.39, 0.29) is 23.5 Å². The van der Waals surface area contributed by atoms with Crippen LogP contribution in [-0.2, 0) is 26.3 Å². The van der Waals surface area contributed by atoms with Gasteiger partial charge < -0.3 is 10.4 Å². The summed E-state index contributed by atoms with van der Waals surface area (Å²) >= 11 is 0. The van der Waals surface area contributed by atoms with Gasteiger partial charge in [0.25, 0.3) is 0 Å². The average Bonchev–Trinajstić information content (AvgIpc) is 3.40. The first-order valence-electron chi connectivity index (χ1n) is 10.9. The van der Waals surface area contributed by atoms with Gasteiger partial charge in [-0.05, 0) is 42.3 Å². The van der Waals surface area contributed by atoms with E-state index in [1.165, 1.54) is 4.90 Å². The van der Waals surface area contributed by atoms with Gasteiger partial charge in [-0.25, -0.2) is 4.90 Å². The van der Waals surface area contributed by atoms with Crippen LogP contribution in [0.2, 0.25) is 0 Å². The molecule has 4 atom stereocenters. The maximum Gasteiger partial charge on any atom is 0.250 e. The van der Waals surface area contributed by atoms with Crippen LogP contribution in [0.3, 0.4) is 0 Å². The second-order valence-electron chi connectivity index (χ2n) is 8.78. The van der Waals surface area contributed by atoms with Crippen molar-refractivity contribution in [2.45, 2.75) is 18.0 Å². The molecule has 7 nitrogen and oxygen atoms in total. The average molecular weight is 439 g/mol. The topological polar surface area (TPSA) is 98.7 Å². The molecule has 3 aromatic carbocycles. The summed E-state index contributed by atoms with van der Waals surface area (Å²) in [5.41, 5.74) is 1.42. The summed E-state index contributed by atoms with van der Waals surface area (Å²) in [5.74, 6) is -2.41. The largest absolute Gasteiger partial charge is 0.508 e. The molecule has 2 saturated heterocycles. The van der Waals surface area contributed by atoms with E-state index in [0.717, 1.165) is 5.56 Å². The minimum absolute atomic E-state index is 0.152. The number of anilines is 2. The lowest BCUT2D eigenvalue weighted by Gasteiger charge is -2.29. The maximum atomic E-state index is 13.8. The Labute approximate surface area is 190 Å². The number of hydrogen-bond acceptors (Lipinski definition) is 5. The van der Waals surface area contributed by atoms with Crippen LogP contribution in [0.25, 0.3) is 0 Å². The van der Waals surface area contributed by atoms with Crippen LogP contribution >= 0.6 is 0 Å². The Hall–Kier alpha value is -3.97. The Bertz CT molecular complexity index is 1290. The summed E-state index contributed by atoms with van der Waals surface area (Å²) in [5, 5.41) is 16.0. The highest BCUT2D eigenvalue weighted by Crippen LogP contribution is 2.53. The molecule has 4 unspecified atom stereocenters. The highest BCUT2D eigenvalue weighted by molar-refractivity contribution is 6.25. The Balaban J connectivity index is 1.49. The molecule has 33 heavy (non-hydrogen) atoms. The van der Waals surface area contributed by atoms with Crippen molar-refractivity contribution in [1.29, 1.82) is 0 Å². The number of nitrogens with one attached hydrogen (secondary N) is 2. The molecule has 164 valence electrons. The fourth-order valence-electron chi connectivity index (χ4n) is 5.65. The number of phenols is 1. The minimum Gasteiger partial charge on any atom is -0.508 e. The van der Waals surface area contributed by atoms with Gasteiger partial charge in [-0.2, -0.15) is 0 Å². The zero-order valence-corrected chi connectivity index (χ0v) is 17.6. The number of aromatic hydroxyl groups is 1. The molecule has 3 amide bonds. The molecule has 3 aliphatic heterocycles. The van der Waals surface area contributed by atoms with Crippen LogP contribution in [0.1, 0.15) is 11.1 Å². The van der Waals surface area contributed by atoms with Crippen LogP contribution in [-0.4, -0.2) is 28.9 Å².